The van der Waals surface area contributed by atoms with Crippen molar-refractivity contribution in [3.05, 3.63) is 29.8 Å². The van der Waals surface area contributed by atoms with Crippen LogP contribution in [0.15, 0.2) is 29.3 Å². The summed E-state index contributed by atoms with van der Waals surface area (Å²) in [5, 5.41) is 6.27. The van der Waals surface area contributed by atoms with Crippen LogP contribution in [0.5, 0.6) is 0 Å². The fraction of sp³-hybridized carbons (Fsp3) is 0.636. The maximum Gasteiger partial charge on any atom is 0.239 e. The molecule has 0 unspecified atom stereocenters. The lowest BCUT2D eigenvalue weighted by Crippen LogP contribution is -2.47. The Kier molecular flexibility index (Phi) is 10.7. The first-order valence-electron chi connectivity index (χ1n) is 10.8. The average Bonchev–Trinajstić information content (AvgIpc) is 2.76. The molecule has 2 aliphatic heterocycles. The van der Waals surface area contributed by atoms with Crippen LogP contribution in [0.4, 0.5) is 5.69 Å². The van der Waals surface area contributed by atoms with Crippen molar-refractivity contribution in [2.24, 2.45) is 10.9 Å². The molecule has 1 aromatic carbocycles. The number of nitrogens with zero attached hydrogens (tertiary/aromatic N) is 3. The van der Waals surface area contributed by atoms with E-state index in [0.717, 1.165) is 50.4 Å². The van der Waals surface area contributed by atoms with Crippen molar-refractivity contribution in [3.8, 4) is 0 Å². The largest absolute Gasteiger partial charge is 0.381 e. The summed E-state index contributed by atoms with van der Waals surface area (Å²) in [5.74, 6) is 1.80. The highest BCUT2D eigenvalue weighted by Gasteiger charge is 2.17. The van der Waals surface area contributed by atoms with E-state index in [2.05, 4.69) is 58.7 Å². The second-order valence-electron chi connectivity index (χ2n) is 7.87. The molecule has 2 N–H and O–H groups in total. The molecule has 0 saturated carbocycles. The Bertz CT molecular complexity index is 677. The molecule has 0 atom stereocenters. The van der Waals surface area contributed by atoms with Crippen LogP contribution in [-0.2, 0) is 16.1 Å². The second-order valence-corrected chi connectivity index (χ2v) is 7.87. The number of halogens is 1. The quantitative estimate of drug-likeness (QED) is 0.323. The molecule has 2 saturated heterocycles. The molecule has 3 rings (SSSR count). The molecular weight excluding hydrogens is 493 g/mol. The fourth-order valence-corrected chi connectivity index (χ4v) is 3.82. The number of piperazine rings is 1. The van der Waals surface area contributed by atoms with Crippen molar-refractivity contribution in [2.45, 2.75) is 32.7 Å². The summed E-state index contributed by atoms with van der Waals surface area (Å²) in [6.07, 6.45) is 3.53. The van der Waals surface area contributed by atoms with Crippen LogP contribution in [0.25, 0.3) is 0 Å². The monoisotopic (exact) mass is 529 g/mol. The molecule has 168 valence electrons. The van der Waals surface area contributed by atoms with Gasteiger partial charge in [0.1, 0.15) is 0 Å². The predicted molar refractivity (Wildman–Crippen MR) is 133 cm³/mol. The van der Waals surface area contributed by atoms with Crippen LogP contribution < -0.4 is 15.5 Å². The van der Waals surface area contributed by atoms with E-state index in [4.69, 9.17) is 9.73 Å². The van der Waals surface area contributed by atoms with Gasteiger partial charge in [0, 0.05) is 52.1 Å². The average molecular weight is 529 g/mol. The fourth-order valence-electron chi connectivity index (χ4n) is 3.82. The SMILES string of the molecule is CCNC(=NCc1ccc(N2CCNC(=O)C2)cc1)N(C)CCC1CCOCC1.I. The molecule has 1 amide bonds. The zero-order valence-electron chi connectivity index (χ0n) is 18.2. The van der Waals surface area contributed by atoms with Crippen LogP contribution >= 0.6 is 24.0 Å². The number of rotatable bonds is 7. The summed E-state index contributed by atoms with van der Waals surface area (Å²) in [6.45, 7) is 8.41. The molecule has 30 heavy (non-hydrogen) atoms. The first kappa shape index (κ1) is 24.7. The van der Waals surface area contributed by atoms with Gasteiger partial charge in [0.25, 0.3) is 0 Å². The van der Waals surface area contributed by atoms with E-state index >= 15 is 0 Å². The topological polar surface area (TPSA) is 69.2 Å². The number of aliphatic imine (C=N–C) groups is 1. The molecule has 8 heteroatoms. The van der Waals surface area contributed by atoms with E-state index < -0.39 is 0 Å². The summed E-state index contributed by atoms with van der Waals surface area (Å²) < 4.78 is 5.46. The Morgan fingerprint density at radius 2 is 2.03 bits per heavy atom. The lowest BCUT2D eigenvalue weighted by Gasteiger charge is -2.28. The molecule has 0 aromatic heterocycles. The first-order valence-corrected chi connectivity index (χ1v) is 10.8. The number of hydrogen-bond donors (Lipinski definition) is 2. The number of ether oxygens (including phenoxy) is 1. The zero-order chi connectivity index (χ0) is 20.5. The van der Waals surface area contributed by atoms with Gasteiger partial charge in [-0.15, -0.1) is 24.0 Å². The molecule has 0 bridgehead atoms. The van der Waals surface area contributed by atoms with Crippen molar-refractivity contribution < 1.29 is 9.53 Å². The van der Waals surface area contributed by atoms with Crippen molar-refractivity contribution in [3.63, 3.8) is 0 Å². The van der Waals surface area contributed by atoms with Crippen LogP contribution in [0, 0.1) is 5.92 Å². The molecule has 0 radical (unpaired) electrons. The Morgan fingerprint density at radius 1 is 1.30 bits per heavy atom. The Balaban J connectivity index is 0.00000320. The molecule has 2 aliphatic rings. The highest BCUT2D eigenvalue weighted by molar-refractivity contribution is 14.0. The minimum absolute atomic E-state index is 0. The van der Waals surface area contributed by atoms with E-state index in [1.165, 1.54) is 24.8 Å². The second kappa shape index (κ2) is 13.0. The Hall–Kier alpha value is -1.55. The van der Waals surface area contributed by atoms with Crippen molar-refractivity contribution in [1.29, 1.82) is 0 Å². The van der Waals surface area contributed by atoms with Gasteiger partial charge in [-0.2, -0.15) is 0 Å². The lowest BCUT2D eigenvalue weighted by molar-refractivity contribution is -0.120. The van der Waals surface area contributed by atoms with E-state index in [9.17, 15) is 4.79 Å². The maximum atomic E-state index is 11.6. The van der Waals surface area contributed by atoms with Gasteiger partial charge in [0.05, 0.1) is 13.1 Å². The third-order valence-electron chi connectivity index (χ3n) is 5.66. The summed E-state index contributed by atoms with van der Waals surface area (Å²) in [7, 11) is 2.12. The van der Waals surface area contributed by atoms with E-state index in [1.54, 1.807) is 0 Å². The minimum Gasteiger partial charge on any atom is -0.381 e. The molecule has 0 aliphatic carbocycles. The van der Waals surface area contributed by atoms with Crippen LogP contribution in [0.2, 0.25) is 0 Å². The van der Waals surface area contributed by atoms with Gasteiger partial charge < -0.3 is 25.2 Å². The number of carbonyl (C=O) groups is 1. The summed E-state index contributed by atoms with van der Waals surface area (Å²) in [6, 6.07) is 8.39. The Labute approximate surface area is 197 Å². The van der Waals surface area contributed by atoms with Gasteiger partial charge >= 0.3 is 0 Å². The normalized spacial score (nSPS) is 17.9. The third kappa shape index (κ3) is 7.61. The summed E-state index contributed by atoms with van der Waals surface area (Å²) >= 11 is 0. The van der Waals surface area contributed by atoms with Crippen molar-refractivity contribution >= 4 is 41.5 Å². The number of benzene rings is 1. The van der Waals surface area contributed by atoms with Gasteiger partial charge in [0.2, 0.25) is 5.91 Å². The predicted octanol–water partition coefficient (Wildman–Crippen LogP) is 2.45. The van der Waals surface area contributed by atoms with Gasteiger partial charge in [-0.3, -0.25) is 4.79 Å². The van der Waals surface area contributed by atoms with Crippen LogP contribution in [0.1, 0.15) is 31.7 Å². The molecule has 2 heterocycles. The van der Waals surface area contributed by atoms with Crippen LogP contribution in [0.3, 0.4) is 0 Å². The maximum absolute atomic E-state index is 11.6. The number of hydrogen-bond acceptors (Lipinski definition) is 4. The van der Waals surface area contributed by atoms with E-state index in [0.29, 0.717) is 19.6 Å². The number of guanidine groups is 1. The molecular formula is C22H36IN5O2. The lowest BCUT2D eigenvalue weighted by atomic mass is 9.96. The summed E-state index contributed by atoms with van der Waals surface area (Å²) in [5.41, 5.74) is 2.26. The number of carbonyl (C=O) groups excluding carboxylic acids is 1. The van der Waals surface area contributed by atoms with Crippen LogP contribution in [-0.4, -0.2) is 69.8 Å². The first-order chi connectivity index (χ1) is 14.2. The third-order valence-corrected chi connectivity index (χ3v) is 5.66. The van der Waals surface area contributed by atoms with Gasteiger partial charge in [-0.1, -0.05) is 12.1 Å². The molecule has 0 spiro atoms. The number of amides is 1. The number of nitrogens with one attached hydrogen (secondary N) is 2. The minimum atomic E-state index is 0. The highest BCUT2D eigenvalue weighted by Crippen LogP contribution is 2.19. The standard InChI is InChI=1S/C22H35N5O2.HI/c1-3-23-22(26(2)12-8-18-9-14-29-15-10-18)25-16-19-4-6-20(7-5-19)27-13-11-24-21(28)17-27;/h4-7,18H,3,8-17H2,1-2H3,(H,23,25)(H,24,28);1H. The van der Waals surface area contributed by atoms with Gasteiger partial charge in [0.15, 0.2) is 5.96 Å². The van der Waals surface area contributed by atoms with Gasteiger partial charge in [-0.05, 0) is 49.8 Å². The molecule has 2 fully saturated rings. The van der Waals surface area contributed by atoms with Crippen molar-refractivity contribution in [1.82, 2.24) is 15.5 Å². The summed E-state index contributed by atoms with van der Waals surface area (Å²) in [4.78, 5) is 20.8. The smallest absolute Gasteiger partial charge is 0.239 e. The Morgan fingerprint density at radius 3 is 2.70 bits per heavy atom. The van der Waals surface area contributed by atoms with Crippen molar-refractivity contribution in [2.75, 3.05) is 57.9 Å². The zero-order valence-corrected chi connectivity index (χ0v) is 20.6. The molecule has 7 nitrogen and oxygen atoms in total. The highest BCUT2D eigenvalue weighted by atomic mass is 127. The van der Waals surface area contributed by atoms with E-state index in [1.807, 2.05) is 0 Å². The number of anilines is 1. The van der Waals surface area contributed by atoms with E-state index in [-0.39, 0.29) is 29.9 Å². The molecule has 1 aromatic rings. The van der Waals surface area contributed by atoms with Gasteiger partial charge in [-0.25, -0.2) is 4.99 Å².